The fourth-order valence-electron chi connectivity index (χ4n) is 13.0. The summed E-state index contributed by atoms with van der Waals surface area (Å²) in [5.74, 6) is 0. The molecule has 8 aromatic carbocycles. The van der Waals surface area contributed by atoms with E-state index < -0.39 is 0 Å². The molecule has 4 heterocycles. The average Bonchev–Trinajstić information content (AvgIpc) is 3.89. The van der Waals surface area contributed by atoms with Crippen molar-refractivity contribution in [2.45, 2.75) is 112 Å². The van der Waals surface area contributed by atoms with Gasteiger partial charge in [0.2, 0.25) is 0 Å². The van der Waals surface area contributed by atoms with Crippen LogP contribution in [0.25, 0.3) is 66.1 Å². The number of benzene rings is 8. The van der Waals surface area contributed by atoms with E-state index in [-0.39, 0.29) is 28.4 Å². The van der Waals surface area contributed by atoms with Crippen molar-refractivity contribution in [2.75, 3.05) is 4.90 Å². The molecule has 0 bridgehead atoms. The predicted octanol–water partition coefficient (Wildman–Crippen LogP) is 15.3. The maximum Gasteiger partial charge on any atom is 0.252 e. The van der Waals surface area contributed by atoms with Crippen molar-refractivity contribution in [3.05, 3.63) is 178 Å². The van der Waals surface area contributed by atoms with E-state index in [1.165, 1.54) is 139 Å². The van der Waals surface area contributed by atoms with Crippen LogP contribution in [-0.4, -0.2) is 15.8 Å². The van der Waals surface area contributed by atoms with Gasteiger partial charge in [-0.1, -0.05) is 167 Å². The summed E-state index contributed by atoms with van der Waals surface area (Å²) >= 11 is 0. The molecule has 0 N–H and O–H groups in total. The third-order valence-corrected chi connectivity index (χ3v) is 16.6. The third kappa shape index (κ3) is 5.69. The molecule has 0 unspecified atom stereocenters. The van der Waals surface area contributed by atoms with Gasteiger partial charge in [0.15, 0.2) is 0 Å². The van der Waals surface area contributed by atoms with Crippen LogP contribution in [0.2, 0.25) is 0 Å². The van der Waals surface area contributed by atoms with Crippen LogP contribution in [0.1, 0.15) is 115 Å². The molecule has 0 atom stereocenters. The van der Waals surface area contributed by atoms with Crippen molar-refractivity contribution >= 4 is 83.8 Å². The van der Waals surface area contributed by atoms with Gasteiger partial charge in [0.1, 0.15) is 0 Å². The maximum absolute atomic E-state index is 2.68. The second kappa shape index (κ2) is 13.7. The summed E-state index contributed by atoms with van der Waals surface area (Å²) in [7, 11) is 0. The molecule has 69 heavy (non-hydrogen) atoms. The van der Waals surface area contributed by atoms with E-state index in [0.717, 1.165) is 0 Å². The topological polar surface area (TPSA) is 13.1 Å². The van der Waals surface area contributed by atoms with Crippen LogP contribution in [0.4, 0.5) is 17.1 Å². The van der Waals surface area contributed by atoms with Gasteiger partial charge in [-0.2, -0.15) is 0 Å². The Kier molecular flexibility index (Phi) is 8.42. The highest BCUT2D eigenvalue weighted by molar-refractivity contribution is 7.00. The molecule has 0 spiro atoms. The van der Waals surface area contributed by atoms with Gasteiger partial charge in [-0.25, -0.2) is 0 Å². The number of aromatic nitrogens is 2. The molecule has 2 aromatic heterocycles. The van der Waals surface area contributed by atoms with Crippen molar-refractivity contribution in [1.82, 2.24) is 9.13 Å². The monoisotopic (exact) mass is 896 g/mol. The summed E-state index contributed by atoms with van der Waals surface area (Å²) in [6.07, 6.45) is 0. The molecule has 0 fully saturated rings. The Morgan fingerprint density at radius 1 is 0.464 bits per heavy atom. The van der Waals surface area contributed by atoms with E-state index in [0.29, 0.717) is 0 Å². The largest absolute Gasteiger partial charge is 0.311 e. The first kappa shape index (κ1) is 42.3. The quantitative estimate of drug-likeness (QED) is 0.158. The summed E-state index contributed by atoms with van der Waals surface area (Å²) in [5, 5.41) is 5.31. The van der Waals surface area contributed by atoms with E-state index in [2.05, 4.69) is 244 Å². The second-order valence-electron chi connectivity index (χ2n) is 24.4. The van der Waals surface area contributed by atoms with Gasteiger partial charge >= 0.3 is 0 Å². The van der Waals surface area contributed by atoms with Crippen molar-refractivity contribution in [1.29, 1.82) is 0 Å². The number of hydrogen-bond donors (Lipinski definition) is 0. The van der Waals surface area contributed by atoms with E-state index in [1.54, 1.807) is 0 Å². The van der Waals surface area contributed by atoms with Crippen molar-refractivity contribution in [3.8, 4) is 22.5 Å². The van der Waals surface area contributed by atoms with Gasteiger partial charge in [-0.05, 0) is 145 Å². The molecule has 3 aliphatic rings. The first-order valence-electron chi connectivity index (χ1n) is 25.2. The van der Waals surface area contributed by atoms with Crippen molar-refractivity contribution in [2.24, 2.45) is 0 Å². The fraction of sp³-hybridized carbons (Fsp3) is 0.262. The van der Waals surface area contributed by atoms with Gasteiger partial charge in [0.25, 0.3) is 6.71 Å². The van der Waals surface area contributed by atoms with Crippen LogP contribution in [-0.2, 0) is 21.7 Å². The Balaban J connectivity index is 1.23. The highest BCUT2D eigenvalue weighted by atomic mass is 15.2. The number of para-hydroxylation sites is 2. The number of nitrogens with zero attached hydrogens (tertiary/aromatic N) is 3. The van der Waals surface area contributed by atoms with Crippen LogP contribution >= 0.6 is 0 Å². The second-order valence-corrected chi connectivity index (χ2v) is 24.4. The molecular formula is C65H62BN3. The minimum atomic E-state index is -0.166. The minimum absolute atomic E-state index is 0.00311. The van der Waals surface area contributed by atoms with Crippen LogP contribution in [0, 0.1) is 13.8 Å². The van der Waals surface area contributed by atoms with Gasteiger partial charge in [-0.15, -0.1) is 0 Å². The molecule has 4 heteroatoms. The summed E-state index contributed by atoms with van der Waals surface area (Å²) in [5.41, 5.74) is 27.2. The van der Waals surface area contributed by atoms with Gasteiger partial charge in [0.05, 0.1) is 27.8 Å². The zero-order valence-electron chi connectivity index (χ0n) is 42.7. The smallest absolute Gasteiger partial charge is 0.252 e. The van der Waals surface area contributed by atoms with Crippen LogP contribution in [0.15, 0.2) is 140 Å². The minimum Gasteiger partial charge on any atom is -0.311 e. The molecule has 0 radical (unpaired) electrons. The van der Waals surface area contributed by atoms with E-state index >= 15 is 0 Å². The Hall–Kier alpha value is -6.78. The third-order valence-electron chi connectivity index (χ3n) is 16.6. The molecule has 3 nitrogen and oxygen atoms in total. The molecule has 10 aromatic rings. The predicted molar refractivity (Wildman–Crippen MR) is 298 cm³/mol. The SMILES string of the molecule is Cc1cccc(C)c1-n1c2ccccc2c2cc3c(cc21)N(c1ccc2c(c1)C(C)(C)c1ccccc1-2)c1cc(C(C)(C)C)c2c4cc(C(C)(C)C)ccc4n4c2c1B3c1ccc(C(C)(C)C)cc1-4. The standard InChI is InChI=1S/C65H62BN3/c1-37-19-18-20-38(2)60(37)68-52-24-17-15-22-44(52)45-34-51-56(36-54(45)68)67(41-27-28-43-42-21-14-16-23-47(42)65(12,13)48(43)33-41)57-35-49(64(9,10)11)58-46-31-39(62(3,4)5)26-30-53(46)69-55-32-40(63(6,7)8)25-29-50(55)66(51)59(57)61(58)69/h14-36H,1-13H3. The molecule has 0 saturated carbocycles. The highest BCUT2D eigenvalue weighted by Gasteiger charge is 2.45. The summed E-state index contributed by atoms with van der Waals surface area (Å²) < 4.78 is 5.24. The van der Waals surface area contributed by atoms with Crippen molar-refractivity contribution < 1.29 is 0 Å². The molecule has 2 aliphatic heterocycles. The Morgan fingerprint density at radius 2 is 1.13 bits per heavy atom. The van der Waals surface area contributed by atoms with E-state index in [9.17, 15) is 0 Å². The number of fused-ring (bicyclic) bond motifs is 14. The average molecular weight is 896 g/mol. The zero-order chi connectivity index (χ0) is 48.0. The van der Waals surface area contributed by atoms with Gasteiger partial charge < -0.3 is 14.0 Å². The van der Waals surface area contributed by atoms with Crippen molar-refractivity contribution in [3.63, 3.8) is 0 Å². The summed E-state index contributed by atoms with van der Waals surface area (Å²) in [6, 6.07) is 54.8. The number of aryl methyl sites for hydroxylation is 2. The number of hydrogen-bond acceptors (Lipinski definition) is 1. The molecule has 13 rings (SSSR count). The number of anilines is 3. The first-order chi connectivity index (χ1) is 32.7. The lowest BCUT2D eigenvalue weighted by molar-refractivity contribution is 0.590. The van der Waals surface area contributed by atoms with E-state index in [1.807, 2.05) is 0 Å². The molecule has 340 valence electrons. The summed E-state index contributed by atoms with van der Waals surface area (Å²) in [6.45, 7) is 30.7. The lowest BCUT2D eigenvalue weighted by Gasteiger charge is -2.41. The Bertz CT molecular complexity index is 3890. The van der Waals surface area contributed by atoms with Crippen LogP contribution < -0.4 is 21.3 Å². The summed E-state index contributed by atoms with van der Waals surface area (Å²) in [4.78, 5) is 2.68. The molecule has 0 amide bonds. The number of rotatable bonds is 2. The highest BCUT2D eigenvalue weighted by Crippen LogP contribution is 2.53. The normalized spacial score (nSPS) is 14.8. The van der Waals surface area contributed by atoms with Gasteiger partial charge in [0, 0.05) is 49.7 Å². The Morgan fingerprint density at radius 3 is 1.87 bits per heavy atom. The Labute approximate surface area is 408 Å². The molecule has 1 aliphatic carbocycles. The fourth-order valence-corrected chi connectivity index (χ4v) is 13.0. The van der Waals surface area contributed by atoms with Gasteiger partial charge in [-0.3, -0.25) is 0 Å². The van der Waals surface area contributed by atoms with E-state index in [4.69, 9.17) is 0 Å². The molecule has 0 saturated heterocycles. The van der Waals surface area contributed by atoms with Crippen LogP contribution in [0.5, 0.6) is 0 Å². The maximum atomic E-state index is 2.68. The lowest BCUT2D eigenvalue weighted by atomic mass is 9.33. The first-order valence-corrected chi connectivity index (χ1v) is 25.2. The molecular weight excluding hydrogens is 834 g/mol. The van der Waals surface area contributed by atoms with Crippen LogP contribution in [0.3, 0.4) is 0 Å². The lowest BCUT2D eigenvalue weighted by Crippen LogP contribution is -2.60. The zero-order valence-corrected chi connectivity index (χ0v) is 42.7.